The van der Waals surface area contributed by atoms with Crippen LogP contribution in [0.15, 0.2) is 18.2 Å². The number of hydrogen-bond acceptors (Lipinski definition) is 4. The van der Waals surface area contributed by atoms with E-state index in [9.17, 15) is 0 Å². The van der Waals surface area contributed by atoms with Crippen molar-refractivity contribution in [3.05, 3.63) is 23.2 Å². The summed E-state index contributed by atoms with van der Waals surface area (Å²) < 4.78 is 5.33. The van der Waals surface area contributed by atoms with E-state index >= 15 is 0 Å². The minimum Gasteiger partial charge on any atom is -0.397 e. The van der Waals surface area contributed by atoms with E-state index in [1.807, 2.05) is 25.2 Å². The third kappa shape index (κ3) is 3.51. The molecule has 1 aliphatic rings. The summed E-state index contributed by atoms with van der Waals surface area (Å²) in [7, 11) is 2.04. The van der Waals surface area contributed by atoms with Gasteiger partial charge in [0.1, 0.15) is 0 Å². The quantitative estimate of drug-likeness (QED) is 0.845. The van der Waals surface area contributed by atoms with Crippen LogP contribution < -0.4 is 10.6 Å². The van der Waals surface area contributed by atoms with Gasteiger partial charge in [-0.2, -0.15) is 0 Å². The number of halogens is 1. The lowest BCUT2D eigenvalue weighted by Crippen LogP contribution is -2.40. The van der Waals surface area contributed by atoms with Crippen LogP contribution in [0, 0.1) is 0 Å². The van der Waals surface area contributed by atoms with Crippen molar-refractivity contribution >= 4 is 23.0 Å². The fourth-order valence-electron chi connectivity index (χ4n) is 2.08. The van der Waals surface area contributed by atoms with Crippen LogP contribution in [0.2, 0.25) is 5.02 Å². The van der Waals surface area contributed by atoms with Crippen LogP contribution in [-0.4, -0.2) is 51.3 Å². The van der Waals surface area contributed by atoms with Crippen LogP contribution in [-0.2, 0) is 4.74 Å². The first-order chi connectivity index (χ1) is 8.66. The lowest BCUT2D eigenvalue weighted by molar-refractivity contribution is 0.0393. The van der Waals surface area contributed by atoms with Gasteiger partial charge in [-0.05, 0) is 18.2 Å². The first-order valence-electron chi connectivity index (χ1n) is 6.23. The first-order valence-corrected chi connectivity index (χ1v) is 6.61. The molecule has 2 N–H and O–H groups in total. The summed E-state index contributed by atoms with van der Waals surface area (Å²) in [5.41, 5.74) is 7.73. The Hall–Kier alpha value is -0.970. The van der Waals surface area contributed by atoms with E-state index in [1.165, 1.54) is 0 Å². The average molecular weight is 270 g/mol. The molecule has 1 aliphatic heterocycles. The molecule has 0 spiro atoms. The van der Waals surface area contributed by atoms with Crippen LogP contribution >= 0.6 is 11.6 Å². The first kappa shape index (κ1) is 13.5. The van der Waals surface area contributed by atoms with Crippen molar-refractivity contribution in [2.75, 3.05) is 57.1 Å². The molecule has 4 nitrogen and oxygen atoms in total. The highest BCUT2D eigenvalue weighted by atomic mass is 35.5. The molecular weight excluding hydrogens is 250 g/mol. The van der Waals surface area contributed by atoms with Crippen molar-refractivity contribution in [3.8, 4) is 0 Å². The lowest BCUT2D eigenvalue weighted by Gasteiger charge is -2.29. The Kier molecular flexibility index (Phi) is 4.69. The van der Waals surface area contributed by atoms with Gasteiger partial charge >= 0.3 is 0 Å². The molecule has 0 bridgehead atoms. The second-order valence-corrected chi connectivity index (χ2v) is 5.02. The topological polar surface area (TPSA) is 41.7 Å². The number of anilines is 2. The van der Waals surface area contributed by atoms with Gasteiger partial charge in [0.15, 0.2) is 0 Å². The summed E-state index contributed by atoms with van der Waals surface area (Å²) in [5, 5.41) is 0.720. The molecule has 1 aromatic carbocycles. The standard InChI is InChI=1S/C13H20ClN3O/c1-16(4-5-17-6-8-18-9-7-17)13-10-11(14)2-3-12(13)15/h2-3,10H,4-9,15H2,1H3. The molecule has 5 heteroatoms. The summed E-state index contributed by atoms with van der Waals surface area (Å²) >= 11 is 6.00. The number of nitrogen functional groups attached to an aromatic ring is 1. The zero-order valence-corrected chi connectivity index (χ0v) is 11.5. The second-order valence-electron chi connectivity index (χ2n) is 4.58. The number of likely N-dealkylation sites (N-methyl/N-ethyl adjacent to an activating group) is 1. The average Bonchev–Trinajstić information content (AvgIpc) is 2.40. The summed E-state index contributed by atoms with van der Waals surface area (Å²) in [6.07, 6.45) is 0. The maximum Gasteiger partial charge on any atom is 0.0612 e. The molecule has 1 heterocycles. The minimum atomic E-state index is 0.720. The van der Waals surface area contributed by atoms with Gasteiger partial charge in [0.05, 0.1) is 24.6 Å². The fourth-order valence-corrected chi connectivity index (χ4v) is 2.25. The third-order valence-corrected chi connectivity index (χ3v) is 3.49. The van der Waals surface area contributed by atoms with E-state index in [0.717, 1.165) is 55.8 Å². The molecule has 2 rings (SSSR count). The Labute approximate surface area is 113 Å². The van der Waals surface area contributed by atoms with Crippen molar-refractivity contribution in [1.82, 2.24) is 4.90 Å². The molecule has 0 amide bonds. The Bertz CT molecular complexity index is 394. The number of benzene rings is 1. The number of hydrogen-bond donors (Lipinski definition) is 1. The molecule has 0 radical (unpaired) electrons. The van der Waals surface area contributed by atoms with E-state index in [4.69, 9.17) is 22.1 Å². The van der Waals surface area contributed by atoms with Crippen LogP contribution in [0.5, 0.6) is 0 Å². The van der Waals surface area contributed by atoms with Gasteiger partial charge in [0.25, 0.3) is 0 Å². The van der Waals surface area contributed by atoms with Gasteiger partial charge in [-0.15, -0.1) is 0 Å². The monoisotopic (exact) mass is 269 g/mol. The lowest BCUT2D eigenvalue weighted by atomic mass is 10.2. The molecule has 100 valence electrons. The molecule has 1 aromatic rings. The second kappa shape index (κ2) is 6.27. The fraction of sp³-hybridized carbons (Fsp3) is 0.538. The van der Waals surface area contributed by atoms with E-state index < -0.39 is 0 Å². The highest BCUT2D eigenvalue weighted by molar-refractivity contribution is 6.31. The highest BCUT2D eigenvalue weighted by Crippen LogP contribution is 2.25. The zero-order chi connectivity index (χ0) is 13.0. The highest BCUT2D eigenvalue weighted by Gasteiger charge is 2.12. The number of nitrogens with zero attached hydrogens (tertiary/aromatic N) is 2. The predicted octanol–water partition coefficient (Wildman–Crippen LogP) is 1.69. The SMILES string of the molecule is CN(CCN1CCOCC1)c1cc(Cl)ccc1N. The van der Waals surface area contributed by atoms with Gasteiger partial charge in [0.2, 0.25) is 0 Å². The van der Waals surface area contributed by atoms with Crippen LogP contribution in [0.25, 0.3) is 0 Å². The zero-order valence-electron chi connectivity index (χ0n) is 10.7. The normalized spacial score (nSPS) is 16.8. The summed E-state index contributed by atoms with van der Waals surface area (Å²) in [5.74, 6) is 0. The van der Waals surface area contributed by atoms with Crippen molar-refractivity contribution in [3.63, 3.8) is 0 Å². The molecule has 0 saturated carbocycles. The third-order valence-electron chi connectivity index (χ3n) is 3.26. The maximum atomic E-state index is 6.00. The number of nitrogens with two attached hydrogens (primary N) is 1. The van der Waals surface area contributed by atoms with E-state index in [-0.39, 0.29) is 0 Å². The van der Waals surface area contributed by atoms with E-state index in [2.05, 4.69) is 9.80 Å². The van der Waals surface area contributed by atoms with Crippen molar-refractivity contribution < 1.29 is 4.74 Å². The summed E-state index contributed by atoms with van der Waals surface area (Å²) in [6.45, 7) is 5.65. The van der Waals surface area contributed by atoms with Crippen LogP contribution in [0.4, 0.5) is 11.4 Å². The minimum absolute atomic E-state index is 0.720. The van der Waals surface area contributed by atoms with Gasteiger partial charge < -0.3 is 15.4 Å². The van der Waals surface area contributed by atoms with E-state index in [1.54, 1.807) is 0 Å². The van der Waals surface area contributed by atoms with Gasteiger partial charge in [-0.1, -0.05) is 11.6 Å². The Morgan fingerprint density at radius 3 is 2.83 bits per heavy atom. The summed E-state index contributed by atoms with van der Waals surface area (Å²) in [6, 6.07) is 5.58. The Morgan fingerprint density at radius 2 is 2.11 bits per heavy atom. The van der Waals surface area contributed by atoms with E-state index in [0.29, 0.717) is 0 Å². The molecule has 1 saturated heterocycles. The largest absolute Gasteiger partial charge is 0.397 e. The van der Waals surface area contributed by atoms with Gasteiger partial charge in [-0.25, -0.2) is 0 Å². The van der Waals surface area contributed by atoms with Crippen LogP contribution in [0.3, 0.4) is 0 Å². The number of rotatable bonds is 4. The Morgan fingerprint density at radius 1 is 1.39 bits per heavy atom. The van der Waals surface area contributed by atoms with Crippen molar-refractivity contribution in [2.45, 2.75) is 0 Å². The number of ether oxygens (including phenoxy) is 1. The Balaban J connectivity index is 1.90. The van der Waals surface area contributed by atoms with Crippen molar-refractivity contribution in [1.29, 1.82) is 0 Å². The molecule has 0 atom stereocenters. The predicted molar refractivity (Wildman–Crippen MR) is 76.4 cm³/mol. The smallest absolute Gasteiger partial charge is 0.0612 e. The molecule has 0 aliphatic carbocycles. The molecule has 0 aromatic heterocycles. The molecule has 0 unspecified atom stereocenters. The van der Waals surface area contributed by atoms with Gasteiger partial charge in [0, 0.05) is 38.2 Å². The van der Waals surface area contributed by atoms with Crippen LogP contribution in [0.1, 0.15) is 0 Å². The molecular formula is C13H20ClN3O. The number of morpholine rings is 1. The molecule has 1 fully saturated rings. The molecule has 18 heavy (non-hydrogen) atoms. The van der Waals surface area contributed by atoms with Crippen molar-refractivity contribution in [2.24, 2.45) is 0 Å². The maximum absolute atomic E-state index is 6.00. The van der Waals surface area contributed by atoms with Gasteiger partial charge in [-0.3, -0.25) is 4.90 Å². The summed E-state index contributed by atoms with van der Waals surface area (Å²) in [4.78, 5) is 4.55.